The molecule has 0 unspecified atom stereocenters. The molecule has 0 atom stereocenters. The van der Waals surface area contributed by atoms with Gasteiger partial charge in [0.15, 0.2) is 0 Å². The van der Waals surface area contributed by atoms with Crippen LogP contribution in [0.5, 0.6) is 0 Å². The maximum absolute atomic E-state index is 13.1. The zero-order valence-electron chi connectivity index (χ0n) is 20.8. The van der Waals surface area contributed by atoms with Gasteiger partial charge in [-0.2, -0.15) is 0 Å². The lowest BCUT2D eigenvalue weighted by atomic mass is 9.69. The van der Waals surface area contributed by atoms with Gasteiger partial charge in [-0.1, -0.05) is 42.5 Å². The van der Waals surface area contributed by atoms with Crippen LogP contribution in [0.15, 0.2) is 66.9 Å². The summed E-state index contributed by atoms with van der Waals surface area (Å²) in [6.45, 7) is 0.643. The summed E-state index contributed by atoms with van der Waals surface area (Å²) in [4.78, 5) is 33.8. The standard InChI is InChI=1S/C29H31N5O2/c1-33(2)29(20-7-4-3-5-8-20)15-13-28(14-16-29)19-34(27(36)32-28)21-11-12-24(30-18-21)22-9-6-10-25-23(22)17-26(35)31-25/h3-12,18H,13-17,19H2,1-2H3,(H,31,35)(H,32,36)/t28-,29-. The summed E-state index contributed by atoms with van der Waals surface area (Å²) in [6.07, 6.45) is 5.95. The highest BCUT2D eigenvalue weighted by molar-refractivity contribution is 6.01. The second-order valence-corrected chi connectivity index (χ2v) is 10.5. The molecule has 2 aliphatic heterocycles. The minimum absolute atomic E-state index is 0.00568. The van der Waals surface area contributed by atoms with Crippen LogP contribution in [-0.2, 0) is 16.8 Å². The minimum atomic E-state index is -0.226. The van der Waals surface area contributed by atoms with Crippen LogP contribution < -0.4 is 15.5 Å². The molecule has 2 fully saturated rings. The van der Waals surface area contributed by atoms with Gasteiger partial charge in [0.1, 0.15) is 0 Å². The van der Waals surface area contributed by atoms with Crippen LogP contribution in [-0.4, -0.2) is 48.0 Å². The Bertz CT molecular complexity index is 1310. The summed E-state index contributed by atoms with van der Waals surface area (Å²) in [7, 11) is 4.32. The van der Waals surface area contributed by atoms with Crippen molar-refractivity contribution in [2.24, 2.45) is 0 Å². The highest BCUT2D eigenvalue weighted by atomic mass is 16.2. The molecule has 3 aromatic rings. The number of carbonyl (C=O) groups excluding carboxylic acids is 2. The fourth-order valence-corrected chi connectivity index (χ4v) is 6.28. The van der Waals surface area contributed by atoms with Crippen LogP contribution in [0.3, 0.4) is 0 Å². The fraction of sp³-hybridized carbons (Fsp3) is 0.345. The maximum atomic E-state index is 13.1. The SMILES string of the molecule is CN(C)[C@]1(c2ccccc2)CC[C@@]2(CC1)CN(c1ccc(-c3cccc4c3CC(=O)N4)nc1)C(=O)N2. The molecule has 1 spiro atoms. The number of amides is 3. The van der Waals surface area contributed by atoms with Gasteiger partial charge in [0.2, 0.25) is 5.91 Å². The first kappa shape index (κ1) is 22.7. The molecule has 1 saturated heterocycles. The first-order valence-electron chi connectivity index (χ1n) is 12.6. The van der Waals surface area contributed by atoms with E-state index in [0.29, 0.717) is 13.0 Å². The summed E-state index contributed by atoms with van der Waals surface area (Å²) in [6, 6.07) is 20.4. The van der Waals surface area contributed by atoms with Crippen molar-refractivity contribution in [3.05, 3.63) is 78.0 Å². The third kappa shape index (κ3) is 3.66. The van der Waals surface area contributed by atoms with E-state index in [-0.39, 0.29) is 23.0 Å². The number of nitrogens with zero attached hydrogens (tertiary/aromatic N) is 3. The number of fused-ring (bicyclic) bond motifs is 1. The van der Waals surface area contributed by atoms with Crippen molar-refractivity contribution in [3.8, 4) is 11.3 Å². The van der Waals surface area contributed by atoms with Gasteiger partial charge < -0.3 is 10.6 Å². The molecule has 7 heteroatoms. The lowest BCUT2D eigenvalue weighted by Gasteiger charge is -2.48. The Morgan fingerprint density at radius 1 is 0.917 bits per heavy atom. The van der Waals surface area contributed by atoms with E-state index in [4.69, 9.17) is 0 Å². The lowest BCUT2D eigenvalue weighted by Crippen LogP contribution is -2.54. The second kappa shape index (κ2) is 8.45. The molecule has 0 radical (unpaired) electrons. The molecular weight excluding hydrogens is 450 g/mol. The molecule has 7 nitrogen and oxygen atoms in total. The molecule has 3 aliphatic rings. The zero-order valence-corrected chi connectivity index (χ0v) is 20.8. The van der Waals surface area contributed by atoms with Crippen LogP contribution in [0.1, 0.15) is 36.8 Å². The summed E-state index contributed by atoms with van der Waals surface area (Å²) in [5, 5.41) is 6.22. The van der Waals surface area contributed by atoms with Crippen molar-refractivity contribution in [3.63, 3.8) is 0 Å². The molecule has 2 N–H and O–H groups in total. The average Bonchev–Trinajstić information content (AvgIpc) is 3.43. The van der Waals surface area contributed by atoms with Gasteiger partial charge in [-0.05, 0) is 69.1 Å². The Balaban J connectivity index is 1.20. The normalized spacial score (nSPS) is 25.2. The molecule has 0 bridgehead atoms. The molecule has 1 saturated carbocycles. The topological polar surface area (TPSA) is 77.6 Å². The Labute approximate surface area is 211 Å². The van der Waals surface area contributed by atoms with Gasteiger partial charge in [-0.3, -0.25) is 19.6 Å². The van der Waals surface area contributed by atoms with Crippen LogP contribution in [0.4, 0.5) is 16.2 Å². The molecule has 36 heavy (non-hydrogen) atoms. The predicted octanol–water partition coefficient (Wildman–Crippen LogP) is 4.54. The molecule has 3 heterocycles. The minimum Gasteiger partial charge on any atom is -0.330 e. The van der Waals surface area contributed by atoms with Gasteiger partial charge in [-0.25, -0.2) is 4.79 Å². The number of urea groups is 1. The van der Waals surface area contributed by atoms with Crippen molar-refractivity contribution in [1.29, 1.82) is 0 Å². The van der Waals surface area contributed by atoms with Crippen LogP contribution in [0.25, 0.3) is 11.3 Å². The molecule has 6 rings (SSSR count). The Hall–Kier alpha value is -3.71. The number of carbonyl (C=O) groups is 2. The average molecular weight is 482 g/mol. The van der Waals surface area contributed by atoms with E-state index >= 15 is 0 Å². The molecular formula is C29H31N5O2. The quantitative estimate of drug-likeness (QED) is 0.574. The first-order chi connectivity index (χ1) is 17.4. The molecule has 3 amide bonds. The van der Waals surface area contributed by atoms with Gasteiger partial charge >= 0.3 is 6.03 Å². The van der Waals surface area contributed by atoms with E-state index in [2.05, 4.69) is 64.9 Å². The van der Waals surface area contributed by atoms with E-state index in [1.165, 1.54) is 5.56 Å². The first-order valence-corrected chi connectivity index (χ1v) is 12.6. The summed E-state index contributed by atoms with van der Waals surface area (Å²) >= 11 is 0. The monoisotopic (exact) mass is 481 g/mol. The van der Waals surface area contributed by atoms with Crippen LogP contribution in [0.2, 0.25) is 0 Å². The van der Waals surface area contributed by atoms with Crippen molar-refractivity contribution in [2.45, 2.75) is 43.2 Å². The van der Waals surface area contributed by atoms with Crippen molar-refractivity contribution >= 4 is 23.3 Å². The third-order valence-electron chi connectivity index (χ3n) is 8.40. The van der Waals surface area contributed by atoms with E-state index in [1.54, 1.807) is 6.20 Å². The van der Waals surface area contributed by atoms with E-state index in [9.17, 15) is 9.59 Å². The Kier molecular flexibility index (Phi) is 5.34. The predicted molar refractivity (Wildman–Crippen MR) is 141 cm³/mol. The Morgan fingerprint density at radius 3 is 2.39 bits per heavy atom. The Morgan fingerprint density at radius 2 is 1.69 bits per heavy atom. The number of hydrogen-bond donors (Lipinski definition) is 2. The van der Waals surface area contributed by atoms with E-state index < -0.39 is 0 Å². The summed E-state index contributed by atoms with van der Waals surface area (Å²) in [5.74, 6) is 0.00568. The third-order valence-corrected chi connectivity index (χ3v) is 8.40. The van der Waals surface area contributed by atoms with Gasteiger partial charge in [0.05, 0.1) is 36.1 Å². The number of pyridine rings is 1. The molecule has 184 valence electrons. The van der Waals surface area contributed by atoms with Crippen LogP contribution >= 0.6 is 0 Å². The molecule has 1 aliphatic carbocycles. The molecule has 2 aromatic carbocycles. The highest BCUT2D eigenvalue weighted by Gasteiger charge is 2.50. The smallest absolute Gasteiger partial charge is 0.322 e. The largest absolute Gasteiger partial charge is 0.330 e. The van der Waals surface area contributed by atoms with Gasteiger partial charge in [0.25, 0.3) is 0 Å². The lowest BCUT2D eigenvalue weighted by molar-refractivity contribution is -0.115. The van der Waals surface area contributed by atoms with Crippen molar-refractivity contribution < 1.29 is 9.59 Å². The number of hydrogen-bond acceptors (Lipinski definition) is 4. The number of nitrogens with one attached hydrogen (secondary N) is 2. The van der Waals surface area contributed by atoms with Crippen molar-refractivity contribution in [1.82, 2.24) is 15.2 Å². The summed E-state index contributed by atoms with van der Waals surface area (Å²) in [5.41, 5.74) is 5.48. The fourth-order valence-electron chi connectivity index (χ4n) is 6.28. The van der Waals surface area contributed by atoms with Gasteiger partial charge in [-0.15, -0.1) is 0 Å². The van der Waals surface area contributed by atoms with Crippen LogP contribution in [0, 0.1) is 0 Å². The van der Waals surface area contributed by atoms with E-state index in [0.717, 1.165) is 53.9 Å². The molecule has 1 aromatic heterocycles. The second-order valence-electron chi connectivity index (χ2n) is 10.5. The number of aromatic nitrogens is 1. The van der Waals surface area contributed by atoms with E-state index in [1.807, 2.05) is 35.2 Å². The highest BCUT2D eigenvalue weighted by Crippen LogP contribution is 2.46. The summed E-state index contributed by atoms with van der Waals surface area (Å²) < 4.78 is 0. The van der Waals surface area contributed by atoms with Gasteiger partial charge in [0, 0.05) is 16.8 Å². The number of anilines is 2. The number of rotatable bonds is 4. The zero-order chi connectivity index (χ0) is 24.9. The maximum Gasteiger partial charge on any atom is 0.322 e. The number of benzene rings is 2. The van der Waals surface area contributed by atoms with Crippen molar-refractivity contribution in [2.75, 3.05) is 30.9 Å².